The maximum Gasteiger partial charge on any atom is 0.351 e. The van der Waals surface area contributed by atoms with Crippen LogP contribution in [0.2, 0.25) is 18.1 Å². The second kappa shape index (κ2) is 12.2. The summed E-state index contributed by atoms with van der Waals surface area (Å²) < 4.78 is 13.1. The molecule has 1 saturated heterocycles. The van der Waals surface area contributed by atoms with Gasteiger partial charge in [0.15, 0.2) is 6.23 Å². The van der Waals surface area contributed by atoms with E-state index in [0.29, 0.717) is 5.82 Å². The Kier molecular flexibility index (Phi) is 8.85. The molecule has 1 aromatic heterocycles. The van der Waals surface area contributed by atoms with Crippen LogP contribution in [-0.2, 0) is 10.3 Å². The highest BCUT2D eigenvalue weighted by atomic mass is 28.3. The molecule has 0 saturated carbocycles. The number of ether oxygens (including phenoxy) is 2. The zero-order valence-corrected chi connectivity index (χ0v) is 28.2. The largest absolute Gasteiger partial charge is 0.497 e. The fraction of sp³-hybridized carbons (Fsp3) is 0.389. The summed E-state index contributed by atoms with van der Waals surface area (Å²) in [5.74, 6) is 1.09. The molecule has 3 aromatic carbocycles. The summed E-state index contributed by atoms with van der Waals surface area (Å²) in [6, 6.07) is 29.7. The molecule has 5 rings (SSSR count). The molecular formula is C36H45N3O5Si. The van der Waals surface area contributed by atoms with Gasteiger partial charge in [-0.25, -0.2) is 4.79 Å². The van der Waals surface area contributed by atoms with Gasteiger partial charge in [0, 0.05) is 12.6 Å². The van der Waals surface area contributed by atoms with Crippen molar-refractivity contribution < 1.29 is 19.7 Å². The smallest absolute Gasteiger partial charge is 0.351 e. The van der Waals surface area contributed by atoms with E-state index >= 15 is 0 Å². The van der Waals surface area contributed by atoms with Gasteiger partial charge in [0.2, 0.25) is 0 Å². The first-order chi connectivity index (χ1) is 21.2. The van der Waals surface area contributed by atoms with Gasteiger partial charge in [-0.1, -0.05) is 107 Å². The summed E-state index contributed by atoms with van der Waals surface area (Å²) in [5, 5.41) is 24.9. The second-order valence-corrected chi connectivity index (χ2v) is 19.2. The molecule has 0 amide bonds. The normalized spacial score (nSPS) is 21.4. The lowest BCUT2D eigenvalue weighted by molar-refractivity contribution is -0.0854. The first-order valence-corrected chi connectivity index (χ1v) is 18.4. The Morgan fingerprint density at radius 3 is 1.96 bits per heavy atom. The molecular weight excluding hydrogens is 582 g/mol. The molecule has 4 aromatic rings. The summed E-state index contributed by atoms with van der Waals surface area (Å²) in [6.07, 6.45) is -0.530. The van der Waals surface area contributed by atoms with Crippen molar-refractivity contribution in [2.75, 3.05) is 12.4 Å². The highest BCUT2D eigenvalue weighted by molar-refractivity contribution is 6.82. The zero-order chi connectivity index (χ0) is 32.6. The number of methoxy groups -OCH3 is 1. The number of aliphatic hydroxyl groups is 2. The molecule has 3 N–H and O–H groups in total. The van der Waals surface area contributed by atoms with Crippen LogP contribution >= 0.6 is 0 Å². The number of hydrogen-bond donors (Lipinski definition) is 3. The number of rotatable bonds is 9. The molecule has 0 radical (unpaired) electrons. The Bertz CT molecular complexity index is 1610. The fourth-order valence-electron chi connectivity index (χ4n) is 6.31. The van der Waals surface area contributed by atoms with E-state index in [0.717, 1.165) is 22.4 Å². The summed E-state index contributed by atoms with van der Waals surface area (Å²) in [6.45, 7) is 12.2. The SMILES string of the molecule is COc1ccc(C(Nc2ccn([C@@H]3O[C@H]([C@@H](C)O)C[C@]3(O)[Si](C)(C)C(C)(C)C)c(=O)n2)(c2ccccc2)c2ccccc2)cc1. The second-order valence-electron chi connectivity index (χ2n) is 13.6. The molecule has 0 unspecified atom stereocenters. The van der Waals surface area contributed by atoms with Gasteiger partial charge in [-0.05, 0) is 46.9 Å². The minimum Gasteiger partial charge on any atom is -0.497 e. The number of aromatic nitrogens is 2. The summed E-state index contributed by atoms with van der Waals surface area (Å²) >= 11 is 0. The summed E-state index contributed by atoms with van der Waals surface area (Å²) in [4.78, 5) is 18.4. The van der Waals surface area contributed by atoms with Crippen molar-refractivity contribution in [3.63, 3.8) is 0 Å². The van der Waals surface area contributed by atoms with Crippen LogP contribution in [0.1, 0.15) is 57.0 Å². The predicted molar refractivity (Wildman–Crippen MR) is 180 cm³/mol. The number of aliphatic hydroxyl groups excluding tert-OH is 1. The van der Waals surface area contributed by atoms with Gasteiger partial charge in [-0.3, -0.25) is 4.57 Å². The number of hydrogen-bond acceptors (Lipinski definition) is 7. The van der Waals surface area contributed by atoms with Crippen molar-refractivity contribution in [3.8, 4) is 5.75 Å². The highest BCUT2D eigenvalue weighted by Gasteiger charge is 2.62. The standard InChI is InChI=1S/C36H45N3O5Si/c1-25(40)30-24-35(42,45(6,7)34(2,3)4)32(44-30)39-23-22-31(37-33(39)41)38-36(26-14-10-8-11-15-26,27-16-12-9-13-17-27)28-18-20-29(43-5)21-19-28/h8-23,25,30,32,40,42H,24H2,1-7H3,(H,37,38,41)/t25-,30+,32-,35+/m1/s1. The number of benzene rings is 3. The van der Waals surface area contributed by atoms with Gasteiger partial charge in [-0.15, -0.1) is 0 Å². The van der Waals surface area contributed by atoms with Crippen LogP contribution in [-0.4, -0.2) is 52.4 Å². The van der Waals surface area contributed by atoms with Crippen LogP contribution in [0.15, 0.2) is 102 Å². The van der Waals surface area contributed by atoms with Gasteiger partial charge in [0.05, 0.1) is 27.4 Å². The van der Waals surface area contributed by atoms with Crippen LogP contribution < -0.4 is 15.7 Å². The van der Waals surface area contributed by atoms with E-state index in [1.165, 1.54) is 4.57 Å². The molecule has 1 aliphatic rings. The third kappa shape index (κ3) is 5.74. The predicted octanol–water partition coefficient (Wildman–Crippen LogP) is 6.10. The third-order valence-corrected chi connectivity index (χ3v) is 16.4. The van der Waals surface area contributed by atoms with Crippen LogP contribution in [0.4, 0.5) is 5.82 Å². The van der Waals surface area contributed by atoms with Crippen LogP contribution in [0.5, 0.6) is 5.75 Å². The number of anilines is 1. The average molecular weight is 628 g/mol. The lowest BCUT2D eigenvalue weighted by Crippen LogP contribution is -2.63. The Hall–Kier alpha value is -3.76. The molecule has 0 aliphatic carbocycles. The third-order valence-electron chi connectivity index (χ3n) is 10.1. The van der Waals surface area contributed by atoms with E-state index in [9.17, 15) is 15.0 Å². The molecule has 1 fully saturated rings. The van der Waals surface area contributed by atoms with Crippen molar-refractivity contribution in [3.05, 3.63) is 124 Å². The highest BCUT2D eigenvalue weighted by Crippen LogP contribution is 2.53. The van der Waals surface area contributed by atoms with Crippen molar-refractivity contribution >= 4 is 13.9 Å². The monoisotopic (exact) mass is 627 g/mol. The van der Waals surface area contributed by atoms with Crippen molar-refractivity contribution in [1.82, 2.24) is 9.55 Å². The van der Waals surface area contributed by atoms with Crippen LogP contribution in [0.3, 0.4) is 0 Å². The molecule has 0 bridgehead atoms. The molecule has 45 heavy (non-hydrogen) atoms. The van der Waals surface area contributed by atoms with E-state index in [1.54, 1.807) is 26.3 Å². The van der Waals surface area contributed by atoms with Gasteiger partial charge in [-0.2, -0.15) is 4.98 Å². The maximum atomic E-state index is 13.9. The average Bonchev–Trinajstić information content (AvgIpc) is 3.39. The molecule has 1 aliphatic heterocycles. The van der Waals surface area contributed by atoms with E-state index in [1.807, 2.05) is 84.9 Å². The van der Waals surface area contributed by atoms with Crippen LogP contribution in [0, 0.1) is 0 Å². The minimum atomic E-state index is -2.54. The Morgan fingerprint density at radius 1 is 0.956 bits per heavy atom. The van der Waals surface area contributed by atoms with Crippen molar-refractivity contribution in [2.24, 2.45) is 0 Å². The molecule has 0 spiro atoms. The van der Waals surface area contributed by atoms with E-state index in [4.69, 9.17) is 9.47 Å². The maximum absolute atomic E-state index is 13.9. The summed E-state index contributed by atoms with van der Waals surface area (Å²) in [5.41, 5.74) is 1.37. The first-order valence-electron chi connectivity index (χ1n) is 15.4. The molecule has 4 atom stereocenters. The van der Waals surface area contributed by atoms with Gasteiger partial charge in [0.1, 0.15) is 22.3 Å². The van der Waals surface area contributed by atoms with Crippen molar-refractivity contribution in [2.45, 2.75) is 81.4 Å². The van der Waals surface area contributed by atoms with Gasteiger partial charge >= 0.3 is 5.69 Å². The van der Waals surface area contributed by atoms with E-state index in [-0.39, 0.29) is 11.5 Å². The molecule has 8 nitrogen and oxygen atoms in total. The van der Waals surface area contributed by atoms with Gasteiger partial charge < -0.3 is 25.0 Å². The quantitative estimate of drug-likeness (QED) is 0.152. The van der Waals surface area contributed by atoms with Crippen LogP contribution in [0.25, 0.3) is 0 Å². The Labute approximate surface area is 266 Å². The Balaban J connectivity index is 1.64. The van der Waals surface area contributed by atoms with Crippen molar-refractivity contribution in [1.29, 1.82) is 0 Å². The first kappa shape index (κ1) is 32.6. The molecule has 238 valence electrons. The van der Waals surface area contributed by atoms with Gasteiger partial charge in [0.25, 0.3) is 0 Å². The summed E-state index contributed by atoms with van der Waals surface area (Å²) in [7, 11) is -0.902. The fourth-order valence-corrected chi connectivity index (χ4v) is 9.15. The molecule has 9 heteroatoms. The number of nitrogens with zero attached hydrogens (tertiary/aromatic N) is 2. The lowest BCUT2D eigenvalue weighted by atomic mass is 9.77. The topological polar surface area (TPSA) is 106 Å². The zero-order valence-electron chi connectivity index (χ0n) is 27.2. The molecule has 2 heterocycles. The lowest BCUT2D eigenvalue weighted by Gasteiger charge is -2.49. The van der Waals surface area contributed by atoms with E-state index in [2.05, 4.69) is 44.2 Å². The van der Waals surface area contributed by atoms with E-state index < -0.39 is 43.0 Å². The Morgan fingerprint density at radius 2 is 1.49 bits per heavy atom. The minimum absolute atomic E-state index is 0.210. The number of nitrogens with one attached hydrogen (secondary N) is 1.